The second kappa shape index (κ2) is 7.84. The molecule has 0 atom stereocenters. The van der Waals surface area contributed by atoms with Crippen molar-refractivity contribution in [3.8, 4) is 0 Å². The van der Waals surface area contributed by atoms with Crippen LogP contribution in [0.5, 0.6) is 0 Å². The summed E-state index contributed by atoms with van der Waals surface area (Å²) in [6.45, 7) is 0.566. The number of carbonyl (C=O) groups excluding carboxylic acids is 2. The van der Waals surface area contributed by atoms with E-state index in [0.29, 0.717) is 34.5 Å². The topological polar surface area (TPSA) is 84.2 Å². The van der Waals surface area contributed by atoms with Crippen molar-refractivity contribution >= 4 is 40.4 Å². The molecule has 3 aromatic rings. The Morgan fingerprint density at radius 1 is 1.11 bits per heavy atom. The predicted octanol–water partition coefficient (Wildman–Crippen LogP) is 3.58. The van der Waals surface area contributed by atoms with Crippen LogP contribution in [0.2, 0.25) is 0 Å². The average molecular weight is 381 g/mol. The third kappa shape index (κ3) is 4.68. The fourth-order valence-corrected chi connectivity index (χ4v) is 3.39. The number of carbonyl (C=O) groups is 2. The summed E-state index contributed by atoms with van der Waals surface area (Å²) in [6, 6.07) is 15.2. The summed E-state index contributed by atoms with van der Waals surface area (Å²) in [5, 5.41) is 5.82. The number of aromatic nitrogens is 1. The molecule has 1 aliphatic rings. The Balaban J connectivity index is 1.38. The summed E-state index contributed by atoms with van der Waals surface area (Å²) < 4.78 is 5.73. The van der Waals surface area contributed by atoms with E-state index in [1.165, 1.54) is 17.3 Å². The monoisotopic (exact) mass is 381 g/mol. The molecule has 27 heavy (non-hydrogen) atoms. The molecule has 0 unspecified atom stereocenters. The number of fused-ring (bicyclic) bond motifs is 1. The SMILES string of the molecule is O=C(NCC1CC1)C(=O)Nc1ccc2oc(SCc3ccccc3)nc2c1. The molecule has 2 N–H and O–H groups in total. The molecule has 2 aromatic carbocycles. The molecule has 0 spiro atoms. The number of oxazole rings is 1. The highest BCUT2D eigenvalue weighted by Crippen LogP contribution is 2.28. The summed E-state index contributed by atoms with van der Waals surface area (Å²) in [4.78, 5) is 28.2. The zero-order valence-electron chi connectivity index (χ0n) is 14.6. The number of rotatable bonds is 6. The third-order valence-electron chi connectivity index (χ3n) is 4.29. The zero-order chi connectivity index (χ0) is 18.6. The van der Waals surface area contributed by atoms with Crippen LogP contribution in [0.4, 0.5) is 5.69 Å². The van der Waals surface area contributed by atoms with E-state index in [9.17, 15) is 9.59 Å². The Morgan fingerprint density at radius 3 is 2.70 bits per heavy atom. The Labute approximate surface area is 160 Å². The summed E-state index contributed by atoms with van der Waals surface area (Å²) in [6.07, 6.45) is 2.24. The molecule has 1 heterocycles. The van der Waals surface area contributed by atoms with E-state index in [1.54, 1.807) is 18.2 Å². The second-order valence-corrected chi connectivity index (χ2v) is 7.47. The number of benzene rings is 2. The zero-order valence-corrected chi connectivity index (χ0v) is 15.4. The molecule has 2 amide bonds. The number of hydrogen-bond acceptors (Lipinski definition) is 5. The number of nitrogens with one attached hydrogen (secondary N) is 2. The van der Waals surface area contributed by atoms with Crippen LogP contribution in [-0.4, -0.2) is 23.3 Å². The summed E-state index contributed by atoms with van der Waals surface area (Å²) in [5.74, 6) is 0.0109. The molecular weight excluding hydrogens is 362 g/mol. The van der Waals surface area contributed by atoms with Gasteiger partial charge in [-0.25, -0.2) is 4.98 Å². The summed E-state index contributed by atoms with van der Waals surface area (Å²) in [7, 11) is 0. The minimum Gasteiger partial charge on any atom is -0.431 e. The van der Waals surface area contributed by atoms with Gasteiger partial charge in [-0.2, -0.15) is 0 Å². The minimum atomic E-state index is -0.669. The van der Waals surface area contributed by atoms with Crippen LogP contribution < -0.4 is 10.6 Å². The molecule has 6 nitrogen and oxygen atoms in total. The molecule has 0 aliphatic heterocycles. The van der Waals surface area contributed by atoms with Gasteiger partial charge in [-0.1, -0.05) is 42.1 Å². The van der Waals surface area contributed by atoms with Crippen LogP contribution in [0.1, 0.15) is 18.4 Å². The Morgan fingerprint density at radius 2 is 1.93 bits per heavy atom. The van der Waals surface area contributed by atoms with Crippen molar-refractivity contribution in [2.45, 2.75) is 23.8 Å². The molecule has 0 radical (unpaired) electrons. The van der Waals surface area contributed by atoms with Gasteiger partial charge < -0.3 is 15.1 Å². The molecule has 0 bridgehead atoms. The van der Waals surface area contributed by atoms with Crippen molar-refractivity contribution in [1.82, 2.24) is 10.3 Å². The van der Waals surface area contributed by atoms with Gasteiger partial charge in [0.25, 0.3) is 5.22 Å². The molecule has 138 valence electrons. The smallest absolute Gasteiger partial charge is 0.313 e. The number of thioether (sulfide) groups is 1. The second-order valence-electron chi connectivity index (χ2n) is 6.54. The van der Waals surface area contributed by atoms with Gasteiger partial charge in [-0.05, 0) is 42.5 Å². The van der Waals surface area contributed by atoms with E-state index in [2.05, 4.69) is 27.8 Å². The van der Waals surface area contributed by atoms with E-state index in [1.807, 2.05) is 18.2 Å². The van der Waals surface area contributed by atoms with E-state index < -0.39 is 11.8 Å². The van der Waals surface area contributed by atoms with Gasteiger partial charge in [-0.15, -0.1) is 0 Å². The van der Waals surface area contributed by atoms with E-state index in [4.69, 9.17) is 4.42 Å². The van der Waals surface area contributed by atoms with Crippen molar-refractivity contribution in [2.75, 3.05) is 11.9 Å². The lowest BCUT2D eigenvalue weighted by atomic mass is 10.2. The fourth-order valence-electron chi connectivity index (χ4n) is 2.59. The van der Waals surface area contributed by atoms with Gasteiger partial charge in [0.2, 0.25) is 0 Å². The largest absolute Gasteiger partial charge is 0.431 e. The highest BCUT2D eigenvalue weighted by Gasteiger charge is 2.23. The van der Waals surface area contributed by atoms with Gasteiger partial charge in [0.05, 0.1) is 0 Å². The fraction of sp³-hybridized carbons (Fsp3) is 0.250. The minimum absolute atomic E-state index is 0.516. The Bertz CT molecular complexity index is 967. The van der Waals surface area contributed by atoms with Crippen molar-refractivity contribution in [3.05, 3.63) is 54.1 Å². The summed E-state index contributed by atoms with van der Waals surface area (Å²) >= 11 is 1.51. The van der Waals surface area contributed by atoms with Crippen molar-refractivity contribution in [2.24, 2.45) is 5.92 Å². The molecule has 7 heteroatoms. The van der Waals surface area contributed by atoms with Crippen LogP contribution >= 0.6 is 11.8 Å². The molecule has 1 aliphatic carbocycles. The van der Waals surface area contributed by atoms with Crippen LogP contribution in [0.3, 0.4) is 0 Å². The maximum atomic E-state index is 12.0. The van der Waals surface area contributed by atoms with Crippen molar-refractivity contribution in [1.29, 1.82) is 0 Å². The maximum Gasteiger partial charge on any atom is 0.313 e. The third-order valence-corrected chi connectivity index (χ3v) is 5.18. The predicted molar refractivity (Wildman–Crippen MR) is 104 cm³/mol. The van der Waals surface area contributed by atoms with Gasteiger partial charge in [0, 0.05) is 18.0 Å². The van der Waals surface area contributed by atoms with Crippen molar-refractivity contribution in [3.63, 3.8) is 0 Å². The molecule has 1 aromatic heterocycles. The first-order chi connectivity index (χ1) is 13.2. The Hall–Kier alpha value is -2.80. The lowest BCUT2D eigenvalue weighted by molar-refractivity contribution is -0.136. The average Bonchev–Trinajstić information content (AvgIpc) is 3.43. The quantitative estimate of drug-likeness (QED) is 0.504. The van der Waals surface area contributed by atoms with Crippen LogP contribution in [0.25, 0.3) is 11.1 Å². The molecule has 1 saturated carbocycles. The van der Waals surface area contributed by atoms with Gasteiger partial charge in [0.1, 0.15) is 5.52 Å². The number of nitrogens with zero attached hydrogens (tertiary/aromatic N) is 1. The lowest BCUT2D eigenvalue weighted by Crippen LogP contribution is -2.36. The van der Waals surface area contributed by atoms with E-state index >= 15 is 0 Å². The highest BCUT2D eigenvalue weighted by molar-refractivity contribution is 7.98. The molecule has 1 fully saturated rings. The molecule has 0 saturated heterocycles. The first kappa shape index (κ1) is 17.6. The van der Waals surface area contributed by atoms with E-state index in [0.717, 1.165) is 18.6 Å². The van der Waals surface area contributed by atoms with Gasteiger partial charge >= 0.3 is 11.8 Å². The lowest BCUT2D eigenvalue weighted by Gasteiger charge is -2.05. The number of anilines is 1. The van der Waals surface area contributed by atoms with Gasteiger partial charge in [-0.3, -0.25) is 9.59 Å². The van der Waals surface area contributed by atoms with Crippen LogP contribution in [0.15, 0.2) is 58.2 Å². The number of hydrogen-bond donors (Lipinski definition) is 2. The van der Waals surface area contributed by atoms with Gasteiger partial charge in [0.15, 0.2) is 5.58 Å². The van der Waals surface area contributed by atoms with E-state index in [-0.39, 0.29) is 0 Å². The van der Waals surface area contributed by atoms with Crippen LogP contribution in [-0.2, 0) is 15.3 Å². The Kier molecular flexibility index (Phi) is 5.11. The molecule has 4 rings (SSSR count). The number of amides is 2. The standard InChI is InChI=1S/C20H19N3O3S/c24-18(21-11-13-6-7-13)19(25)22-15-8-9-17-16(10-15)23-20(26-17)27-12-14-4-2-1-3-5-14/h1-5,8-10,13H,6-7,11-12H2,(H,21,24)(H,22,25). The van der Waals surface area contributed by atoms with Crippen molar-refractivity contribution < 1.29 is 14.0 Å². The normalized spacial score (nSPS) is 13.5. The molecular formula is C20H19N3O3S. The first-order valence-electron chi connectivity index (χ1n) is 8.84. The highest BCUT2D eigenvalue weighted by atomic mass is 32.2. The van der Waals surface area contributed by atoms with Crippen LogP contribution in [0, 0.1) is 5.92 Å². The summed E-state index contributed by atoms with van der Waals surface area (Å²) in [5.41, 5.74) is 2.99. The maximum absolute atomic E-state index is 12.0. The first-order valence-corrected chi connectivity index (χ1v) is 9.82.